The smallest absolute Gasteiger partial charge is 0.242 e. The maximum Gasteiger partial charge on any atom is 0.242 e. The fourth-order valence-electron chi connectivity index (χ4n) is 2.66. The van der Waals surface area contributed by atoms with E-state index in [9.17, 15) is 18.0 Å². The molecule has 0 aliphatic carbocycles. The first kappa shape index (κ1) is 24.2. The number of ether oxygens (including phenoxy) is 2. The molecule has 2 aromatic carbocycles. The molecule has 3 N–H and O–H groups in total. The van der Waals surface area contributed by atoms with Crippen molar-refractivity contribution >= 4 is 33.2 Å². The number of hydrogen-bond acceptors (Lipinski definition) is 6. The van der Waals surface area contributed by atoms with Gasteiger partial charge >= 0.3 is 0 Å². The largest absolute Gasteiger partial charge is 0.494 e. The summed E-state index contributed by atoms with van der Waals surface area (Å²) in [4.78, 5) is 23.7. The van der Waals surface area contributed by atoms with Crippen LogP contribution in [0.1, 0.15) is 27.7 Å². The average Bonchev–Trinajstić information content (AvgIpc) is 2.70. The van der Waals surface area contributed by atoms with Crippen molar-refractivity contribution < 1.29 is 27.5 Å². The van der Waals surface area contributed by atoms with Crippen molar-refractivity contribution in [3.05, 3.63) is 42.5 Å². The van der Waals surface area contributed by atoms with Crippen LogP contribution in [0, 0.1) is 0 Å². The van der Waals surface area contributed by atoms with E-state index in [4.69, 9.17) is 9.47 Å². The summed E-state index contributed by atoms with van der Waals surface area (Å²) in [5.74, 6) is 0.170. The number of sulfonamides is 1. The molecule has 0 saturated heterocycles. The van der Waals surface area contributed by atoms with Crippen LogP contribution in [0.5, 0.6) is 11.5 Å². The van der Waals surface area contributed by atoms with Crippen molar-refractivity contribution in [1.82, 2.24) is 4.72 Å². The molecule has 168 valence electrons. The summed E-state index contributed by atoms with van der Waals surface area (Å²) < 4.78 is 38.6. The normalized spacial score (nSPS) is 12.0. The van der Waals surface area contributed by atoms with Crippen molar-refractivity contribution in [1.29, 1.82) is 0 Å². The van der Waals surface area contributed by atoms with E-state index >= 15 is 0 Å². The molecule has 2 amide bonds. The maximum atomic E-state index is 12.6. The maximum absolute atomic E-state index is 12.6. The number of carbonyl (C=O) groups excluding carboxylic acids is 2. The van der Waals surface area contributed by atoms with Crippen LogP contribution in [0.4, 0.5) is 11.4 Å². The van der Waals surface area contributed by atoms with E-state index in [-0.39, 0.29) is 10.8 Å². The Morgan fingerprint density at radius 2 is 1.61 bits per heavy atom. The minimum absolute atomic E-state index is 0.0328. The topological polar surface area (TPSA) is 123 Å². The molecule has 0 aromatic heterocycles. The highest BCUT2D eigenvalue weighted by molar-refractivity contribution is 7.89. The zero-order valence-electron chi connectivity index (χ0n) is 17.9. The molecule has 0 aliphatic rings. The van der Waals surface area contributed by atoms with Gasteiger partial charge in [-0.1, -0.05) is 0 Å². The Morgan fingerprint density at radius 3 is 2.19 bits per heavy atom. The van der Waals surface area contributed by atoms with Crippen molar-refractivity contribution in [2.24, 2.45) is 0 Å². The third-order valence-electron chi connectivity index (χ3n) is 4.03. The quantitative estimate of drug-likeness (QED) is 0.513. The molecule has 0 spiro atoms. The molecule has 0 heterocycles. The number of carbonyl (C=O) groups is 2. The number of nitrogens with one attached hydrogen (secondary N) is 3. The van der Waals surface area contributed by atoms with Gasteiger partial charge in [0.15, 0.2) is 0 Å². The van der Waals surface area contributed by atoms with Gasteiger partial charge in [-0.05, 0) is 57.2 Å². The van der Waals surface area contributed by atoms with E-state index in [1.807, 2.05) is 13.8 Å². The van der Waals surface area contributed by atoms with E-state index in [1.165, 1.54) is 38.1 Å². The summed E-state index contributed by atoms with van der Waals surface area (Å²) in [6.07, 6.45) is 0. The average molecular weight is 450 g/mol. The lowest BCUT2D eigenvalue weighted by atomic mass is 10.2. The van der Waals surface area contributed by atoms with Gasteiger partial charge in [0.05, 0.1) is 29.8 Å². The Balaban J connectivity index is 2.12. The predicted octanol–water partition coefficient (Wildman–Crippen LogP) is 2.75. The van der Waals surface area contributed by atoms with Crippen molar-refractivity contribution in [2.75, 3.05) is 23.8 Å². The Hall–Kier alpha value is -3.11. The van der Waals surface area contributed by atoms with E-state index in [0.717, 1.165) is 0 Å². The minimum atomic E-state index is -3.96. The molecule has 2 aromatic rings. The van der Waals surface area contributed by atoms with E-state index in [0.29, 0.717) is 36.1 Å². The Morgan fingerprint density at radius 1 is 0.968 bits per heavy atom. The zero-order valence-corrected chi connectivity index (χ0v) is 18.7. The fourth-order valence-corrected chi connectivity index (χ4v) is 3.86. The SMILES string of the molecule is CCOc1ccc(OCC)c(NC(=O)[C@H](C)NS(=O)(=O)c2ccc(NC(C)=O)cc2)c1. The second-order valence-electron chi connectivity index (χ2n) is 6.56. The molecule has 0 unspecified atom stereocenters. The van der Waals surface area contributed by atoms with Gasteiger partial charge in [-0.2, -0.15) is 4.72 Å². The van der Waals surface area contributed by atoms with E-state index < -0.39 is 22.0 Å². The standard InChI is InChI=1S/C21H27N3O6S/c1-5-29-17-9-12-20(30-6-2)19(13-17)23-21(26)14(3)24-31(27,28)18-10-7-16(8-11-18)22-15(4)25/h7-14,24H,5-6H2,1-4H3,(H,22,25)(H,23,26)/t14-/m0/s1. The molecular formula is C21H27N3O6S. The van der Waals surface area contributed by atoms with Crippen LogP contribution in [-0.2, 0) is 19.6 Å². The Labute approximate surface area is 182 Å². The van der Waals surface area contributed by atoms with Gasteiger partial charge in [0.1, 0.15) is 11.5 Å². The van der Waals surface area contributed by atoms with Crippen LogP contribution in [-0.4, -0.2) is 39.5 Å². The monoisotopic (exact) mass is 449 g/mol. The molecule has 0 radical (unpaired) electrons. The fraction of sp³-hybridized carbons (Fsp3) is 0.333. The van der Waals surface area contributed by atoms with Gasteiger partial charge in [-0.15, -0.1) is 0 Å². The molecule has 0 aliphatic heterocycles. The third kappa shape index (κ3) is 6.97. The zero-order chi connectivity index (χ0) is 23.0. The molecular weight excluding hydrogens is 422 g/mol. The Kier molecular flexibility index (Phi) is 8.40. The van der Waals surface area contributed by atoms with Gasteiger partial charge in [0.25, 0.3) is 0 Å². The first-order valence-corrected chi connectivity index (χ1v) is 11.2. The van der Waals surface area contributed by atoms with Crippen LogP contribution < -0.4 is 24.8 Å². The van der Waals surface area contributed by atoms with Crippen LogP contribution in [0.15, 0.2) is 47.4 Å². The summed E-state index contributed by atoms with van der Waals surface area (Å²) in [6.45, 7) is 7.30. The first-order chi connectivity index (χ1) is 14.7. The molecule has 2 rings (SSSR count). The van der Waals surface area contributed by atoms with Gasteiger partial charge in [-0.25, -0.2) is 8.42 Å². The summed E-state index contributed by atoms with van der Waals surface area (Å²) in [5, 5.41) is 5.24. The van der Waals surface area contributed by atoms with Gasteiger partial charge in [0.2, 0.25) is 21.8 Å². The molecule has 0 fully saturated rings. The summed E-state index contributed by atoms with van der Waals surface area (Å²) in [7, 11) is -3.96. The van der Waals surface area contributed by atoms with Gasteiger partial charge < -0.3 is 20.1 Å². The van der Waals surface area contributed by atoms with Crippen LogP contribution in [0.25, 0.3) is 0 Å². The second-order valence-corrected chi connectivity index (χ2v) is 8.28. The molecule has 0 bridgehead atoms. The van der Waals surface area contributed by atoms with Crippen LogP contribution in [0.3, 0.4) is 0 Å². The summed E-state index contributed by atoms with van der Waals surface area (Å²) in [5.41, 5.74) is 0.846. The van der Waals surface area contributed by atoms with Gasteiger partial charge in [0, 0.05) is 18.7 Å². The van der Waals surface area contributed by atoms with Gasteiger partial charge in [-0.3, -0.25) is 9.59 Å². The van der Waals surface area contributed by atoms with E-state index in [1.54, 1.807) is 18.2 Å². The van der Waals surface area contributed by atoms with Crippen LogP contribution >= 0.6 is 0 Å². The predicted molar refractivity (Wildman–Crippen MR) is 118 cm³/mol. The first-order valence-electron chi connectivity index (χ1n) is 9.76. The summed E-state index contributed by atoms with van der Waals surface area (Å²) >= 11 is 0. The Bertz CT molecular complexity index is 1020. The molecule has 10 heteroatoms. The van der Waals surface area contributed by atoms with Crippen molar-refractivity contribution in [2.45, 2.75) is 38.6 Å². The molecule has 0 saturated carbocycles. The number of anilines is 2. The summed E-state index contributed by atoms with van der Waals surface area (Å²) in [6, 6.07) is 9.58. The number of rotatable bonds is 10. The lowest BCUT2D eigenvalue weighted by Crippen LogP contribution is -2.41. The molecule has 1 atom stereocenters. The highest BCUT2D eigenvalue weighted by Crippen LogP contribution is 2.29. The lowest BCUT2D eigenvalue weighted by Gasteiger charge is -2.17. The lowest BCUT2D eigenvalue weighted by molar-refractivity contribution is -0.117. The van der Waals surface area contributed by atoms with Crippen molar-refractivity contribution in [3.8, 4) is 11.5 Å². The third-order valence-corrected chi connectivity index (χ3v) is 5.59. The molecule has 9 nitrogen and oxygen atoms in total. The minimum Gasteiger partial charge on any atom is -0.494 e. The molecule has 31 heavy (non-hydrogen) atoms. The van der Waals surface area contributed by atoms with Crippen LogP contribution in [0.2, 0.25) is 0 Å². The van der Waals surface area contributed by atoms with E-state index in [2.05, 4.69) is 15.4 Å². The number of benzene rings is 2. The highest BCUT2D eigenvalue weighted by atomic mass is 32.2. The number of amides is 2. The second kappa shape index (κ2) is 10.8. The highest BCUT2D eigenvalue weighted by Gasteiger charge is 2.23. The van der Waals surface area contributed by atoms with Crippen molar-refractivity contribution in [3.63, 3.8) is 0 Å². The number of hydrogen-bond donors (Lipinski definition) is 3.